The molecule has 4 fully saturated rings. The van der Waals surface area contributed by atoms with Crippen molar-refractivity contribution in [3.05, 3.63) is 23.8 Å². The molecule has 2 heterocycles. The van der Waals surface area contributed by atoms with Crippen LogP contribution in [0.2, 0.25) is 0 Å². The number of carboxylic acids is 1. The van der Waals surface area contributed by atoms with Crippen LogP contribution in [0.5, 0.6) is 0 Å². The molecule has 1 aliphatic heterocycles. The lowest BCUT2D eigenvalue weighted by atomic mass is 9.34. The van der Waals surface area contributed by atoms with Gasteiger partial charge in [0.25, 0.3) is 5.91 Å². The van der Waals surface area contributed by atoms with Crippen LogP contribution in [0.1, 0.15) is 138 Å². The molecule has 1 amide bonds. The highest BCUT2D eigenvalue weighted by Gasteiger charge is 2.72. The molecule has 4 N–H and O–H groups in total. The third-order valence-electron chi connectivity index (χ3n) is 16.6. The highest BCUT2D eigenvalue weighted by Crippen LogP contribution is 2.75. The van der Waals surface area contributed by atoms with Gasteiger partial charge in [-0.2, -0.15) is 0 Å². The lowest BCUT2D eigenvalue weighted by Crippen LogP contribution is -2.69. The second-order valence-corrected chi connectivity index (χ2v) is 19.8. The summed E-state index contributed by atoms with van der Waals surface area (Å²) in [4.78, 5) is 31.0. The van der Waals surface area contributed by atoms with E-state index in [4.69, 9.17) is 20.3 Å². The summed E-state index contributed by atoms with van der Waals surface area (Å²) in [6.45, 7) is 26.6. The Labute approximate surface area is 312 Å². The summed E-state index contributed by atoms with van der Waals surface area (Å²) >= 11 is 0. The summed E-state index contributed by atoms with van der Waals surface area (Å²) in [6.07, 6.45) is 10.3. The van der Waals surface area contributed by atoms with Crippen LogP contribution >= 0.6 is 0 Å². The first kappa shape index (κ1) is 39.4. The molecule has 4 aliphatic carbocycles. The second kappa shape index (κ2) is 13.5. The van der Waals surface area contributed by atoms with E-state index in [1.165, 1.54) is 5.57 Å². The Hall–Kier alpha value is -2.30. The fourth-order valence-electron chi connectivity index (χ4n) is 12.4. The van der Waals surface area contributed by atoms with Crippen molar-refractivity contribution >= 4 is 11.9 Å². The molecular formula is C42H69N5O5. The number of allylic oxidation sites excluding steroid dienone is 1. The van der Waals surface area contributed by atoms with Crippen LogP contribution in [0.15, 0.2) is 18.0 Å². The largest absolute Gasteiger partial charge is 0.481 e. The third-order valence-corrected chi connectivity index (χ3v) is 16.6. The summed E-state index contributed by atoms with van der Waals surface area (Å²) in [5, 5.41) is 18.9. The van der Waals surface area contributed by atoms with Crippen molar-refractivity contribution in [2.75, 3.05) is 26.4 Å². The van der Waals surface area contributed by atoms with E-state index in [2.05, 4.69) is 85.6 Å². The van der Waals surface area contributed by atoms with Crippen molar-refractivity contribution in [1.29, 1.82) is 0 Å². The van der Waals surface area contributed by atoms with Gasteiger partial charge in [0.15, 0.2) is 0 Å². The number of nitrogens with zero attached hydrogens (tertiary/aromatic N) is 3. The van der Waals surface area contributed by atoms with Crippen molar-refractivity contribution in [2.45, 2.75) is 139 Å². The van der Waals surface area contributed by atoms with Gasteiger partial charge >= 0.3 is 5.97 Å². The Morgan fingerprint density at radius 1 is 1.12 bits per heavy atom. The number of carbonyl (C=O) groups is 2. The number of nitrogens with two attached hydrogens (primary N) is 1. The van der Waals surface area contributed by atoms with Crippen molar-refractivity contribution < 1.29 is 24.2 Å². The minimum absolute atomic E-state index is 0.173. The minimum atomic E-state index is -0.642. The molecule has 292 valence electrons. The summed E-state index contributed by atoms with van der Waals surface area (Å²) in [5.74, 6) is 0.316. The molecule has 0 radical (unpaired) electrons. The van der Waals surface area contributed by atoms with Crippen LogP contribution in [0, 0.1) is 62.6 Å². The van der Waals surface area contributed by atoms with Crippen molar-refractivity contribution in [3.63, 3.8) is 0 Å². The Kier molecular flexibility index (Phi) is 10.2. The van der Waals surface area contributed by atoms with Gasteiger partial charge < -0.3 is 25.6 Å². The molecule has 6 rings (SSSR count). The summed E-state index contributed by atoms with van der Waals surface area (Å²) in [6, 6.07) is -0.192. The van der Waals surface area contributed by atoms with Crippen LogP contribution in [0.4, 0.5) is 0 Å². The second-order valence-electron chi connectivity index (χ2n) is 19.8. The number of hydrogen-bond donors (Lipinski definition) is 3. The lowest BCUT2D eigenvalue weighted by Gasteiger charge is -2.71. The number of aliphatic carboxylic acids is 1. The quantitative estimate of drug-likeness (QED) is 0.202. The van der Waals surface area contributed by atoms with Crippen LogP contribution < -0.4 is 11.1 Å². The molecule has 1 aromatic heterocycles. The zero-order chi connectivity index (χ0) is 38.2. The Bertz CT molecular complexity index is 1550. The molecule has 1 unspecified atom stereocenters. The number of hydrogen-bond acceptors (Lipinski definition) is 7. The topological polar surface area (TPSA) is 142 Å². The van der Waals surface area contributed by atoms with Gasteiger partial charge in [0.05, 0.1) is 37.9 Å². The third kappa shape index (κ3) is 5.73. The molecule has 12 atom stereocenters. The molecule has 10 nitrogen and oxygen atoms in total. The average Bonchev–Trinajstić information content (AvgIpc) is 3.57. The summed E-state index contributed by atoms with van der Waals surface area (Å²) in [5.41, 5.74) is 6.30. The predicted octanol–water partition coefficient (Wildman–Crippen LogP) is 7.31. The van der Waals surface area contributed by atoms with Gasteiger partial charge in [-0.3, -0.25) is 9.59 Å². The number of carboxylic acid groups (broad SMARTS) is 1. The summed E-state index contributed by atoms with van der Waals surface area (Å²) < 4.78 is 15.6. The number of aromatic nitrogens is 3. The van der Waals surface area contributed by atoms with Crippen molar-refractivity contribution in [3.8, 4) is 0 Å². The maximum atomic E-state index is 13.5. The van der Waals surface area contributed by atoms with Crippen LogP contribution in [0.25, 0.3) is 0 Å². The first-order valence-electron chi connectivity index (χ1n) is 20.3. The van der Waals surface area contributed by atoms with Crippen molar-refractivity contribution in [2.24, 2.45) is 68.3 Å². The van der Waals surface area contributed by atoms with Crippen LogP contribution in [-0.2, 0) is 14.3 Å². The van der Waals surface area contributed by atoms with Gasteiger partial charge in [0.1, 0.15) is 6.33 Å². The zero-order valence-electron chi connectivity index (χ0n) is 34.1. The number of fused-ring (bicyclic) bond motifs is 3. The molecule has 5 aliphatic rings. The molecule has 1 saturated heterocycles. The van der Waals surface area contributed by atoms with E-state index in [9.17, 15) is 14.7 Å². The maximum Gasteiger partial charge on any atom is 0.307 e. The smallest absolute Gasteiger partial charge is 0.307 e. The Morgan fingerprint density at radius 3 is 2.46 bits per heavy atom. The van der Waals surface area contributed by atoms with Crippen molar-refractivity contribution in [1.82, 2.24) is 20.1 Å². The van der Waals surface area contributed by atoms with E-state index in [1.54, 1.807) is 6.33 Å². The molecule has 2 bridgehead atoms. The van der Waals surface area contributed by atoms with Crippen LogP contribution in [-0.4, -0.2) is 69.8 Å². The number of nitrogens with one attached hydrogen (secondary N) is 1. The van der Waals surface area contributed by atoms with Gasteiger partial charge in [0.2, 0.25) is 5.82 Å². The number of amides is 1. The molecule has 3 saturated carbocycles. The fraction of sp³-hybridized carbons (Fsp3) is 0.857. The zero-order valence-corrected chi connectivity index (χ0v) is 34.1. The SMILES string of the molecule is CCCNC(=O)c1ncn([C@@H]2CC34COC[C@@](C)([C@@H]3CC[C@H]3C4=CC[C@@]4(C)[C@H](C(=O)O)[C@@](C)([C@H](C)C(C)C)CC[C@]34C)[C@H]2OC[C@](C)(N)C(C)C)n1. The molecular weight excluding hydrogens is 654 g/mol. The molecule has 0 spiro atoms. The van der Waals surface area contributed by atoms with Gasteiger partial charge in [-0.25, -0.2) is 9.67 Å². The maximum absolute atomic E-state index is 13.5. The first-order chi connectivity index (χ1) is 24.2. The van der Waals surface area contributed by atoms with E-state index in [0.717, 1.165) is 44.9 Å². The predicted molar refractivity (Wildman–Crippen MR) is 202 cm³/mol. The monoisotopic (exact) mass is 724 g/mol. The molecule has 10 heteroatoms. The summed E-state index contributed by atoms with van der Waals surface area (Å²) in [7, 11) is 0. The van der Waals surface area contributed by atoms with E-state index >= 15 is 0 Å². The molecule has 1 aromatic rings. The molecule has 0 aromatic carbocycles. The van der Waals surface area contributed by atoms with Gasteiger partial charge in [0, 0.05) is 22.9 Å². The number of carbonyl (C=O) groups excluding carboxylic acids is 1. The Morgan fingerprint density at radius 2 is 1.83 bits per heavy atom. The van der Waals surface area contributed by atoms with E-state index in [0.29, 0.717) is 44.1 Å². The first-order valence-corrected chi connectivity index (χ1v) is 20.3. The Balaban J connectivity index is 1.44. The lowest BCUT2D eigenvalue weighted by molar-refractivity contribution is -0.252. The number of rotatable bonds is 11. The standard InChI is InChI=1S/C42H69N5O5/c1-12-19-44-35(48)34-45-24-47(46-34)30-20-42-23-51-21-38(8,33(30)52-22-41(11,43)26(4)5)31(42)14-13-28-29(42)15-16-40(10)32(36(49)50)37(7,27(6)25(2)3)17-18-39(28,40)9/h15,24-28,30-33H,12-14,16-23,43H2,1-11H3,(H,44,48)(H,49,50)/t27-,28+,30-,31+,32-,33+,37-,38+,39-,40+,41+,42?/m1/s1. The number of ether oxygens (including phenoxy) is 2. The van der Waals surface area contributed by atoms with E-state index < -0.39 is 17.4 Å². The van der Waals surface area contributed by atoms with E-state index in [-0.39, 0.29) is 62.8 Å². The minimum Gasteiger partial charge on any atom is -0.481 e. The van der Waals surface area contributed by atoms with Gasteiger partial charge in [-0.1, -0.05) is 80.9 Å². The average molecular weight is 724 g/mol. The highest BCUT2D eigenvalue weighted by molar-refractivity contribution is 5.90. The highest BCUT2D eigenvalue weighted by atomic mass is 16.5. The van der Waals surface area contributed by atoms with E-state index in [1.807, 2.05) is 11.6 Å². The van der Waals surface area contributed by atoms with Gasteiger partial charge in [-0.05, 0) is 97.7 Å². The van der Waals surface area contributed by atoms with Gasteiger partial charge in [-0.15, -0.1) is 5.10 Å². The normalized spacial score (nSPS) is 41.7. The van der Waals surface area contributed by atoms with Crippen LogP contribution in [0.3, 0.4) is 0 Å². The fourth-order valence-corrected chi connectivity index (χ4v) is 12.4. The molecule has 52 heavy (non-hydrogen) atoms.